The van der Waals surface area contributed by atoms with Crippen LogP contribution in [0.1, 0.15) is 0 Å². The van der Waals surface area contributed by atoms with Crippen molar-refractivity contribution in [3.05, 3.63) is 33.3 Å². The molecular formula is C10H12ClNO4S. The minimum absolute atomic E-state index is 0.108. The van der Waals surface area contributed by atoms with Crippen molar-refractivity contribution in [1.82, 2.24) is 0 Å². The van der Waals surface area contributed by atoms with Gasteiger partial charge in [0, 0.05) is 22.9 Å². The molecule has 0 aliphatic heterocycles. The highest BCUT2D eigenvalue weighted by atomic mass is 35.5. The Hall–Kier alpha value is -0.980. The van der Waals surface area contributed by atoms with Gasteiger partial charge in [-0.05, 0) is 6.07 Å². The molecule has 0 fully saturated rings. The fourth-order valence-electron chi connectivity index (χ4n) is 1.13. The molecule has 1 aromatic carbocycles. The van der Waals surface area contributed by atoms with E-state index in [-0.39, 0.29) is 18.0 Å². The van der Waals surface area contributed by atoms with Gasteiger partial charge in [0.2, 0.25) is 0 Å². The summed E-state index contributed by atoms with van der Waals surface area (Å²) in [6, 6.07) is 4.18. The Balaban J connectivity index is 2.56. The van der Waals surface area contributed by atoms with Crippen LogP contribution >= 0.6 is 24.2 Å². The predicted molar refractivity (Wildman–Crippen MR) is 68.3 cm³/mol. The first-order chi connectivity index (χ1) is 8.15. The maximum absolute atomic E-state index is 10.7. The smallest absolute Gasteiger partial charge is 0.311 e. The van der Waals surface area contributed by atoms with E-state index >= 15 is 0 Å². The second kappa shape index (κ2) is 7.37. The van der Waals surface area contributed by atoms with Crippen LogP contribution in [0.2, 0.25) is 5.02 Å². The van der Waals surface area contributed by atoms with Crippen LogP contribution in [0.15, 0.2) is 18.2 Å². The van der Waals surface area contributed by atoms with Gasteiger partial charge in [0.25, 0.3) is 0 Å². The molecule has 0 aromatic heterocycles. The van der Waals surface area contributed by atoms with Gasteiger partial charge in [-0.3, -0.25) is 10.1 Å². The van der Waals surface area contributed by atoms with Crippen LogP contribution in [0, 0.1) is 10.1 Å². The van der Waals surface area contributed by atoms with Crippen LogP contribution in [-0.4, -0.2) is 30.5 Å². The molecule has 0 heterocycles. The molecule has 0 amide bonds. The molecule has 7 heteroatoms. The molecule has 0 saturated carbocycles. The highest BCUT2D eigenvalue weighted by Crippen LogP contribution is 2.29. The largest absolute Gasteiger partial charge is 0.484 e. The Morgan fingerprint density at radius 1 is 1.35 bits per heavy atom. The lowest BCUT2D eigenvalue weighted by atomic mass is 10.3. The summed E-state index contributed by atoms with van der Waals surface area (Å²) in [6.07, 6.45) is 0. The molecule has 0 bridgehead atoms. The second-order valence-electron chi connectivity index (χ2n) is 3.05. The molecule has 0 aliphatic carbocycles. The number of hydrogen-bond donors (Lipinski definition) is 1. The number of nitro groups is 1. The minimum Gasteiger partial charge on any atom is -0.484 e. The molecule has 0 spiro atoms. The van der Waals surface area contributed by atoms with Crippen LogP contribution in [0.4, 0.5) is 5.69 Å². The monoisotopic (exact) mass is 277 g/mol. The lowest BCUT2D eigenvalue weighted by Crippen LogP contribution is -2.09. The lowest BCUT2D eigenvalue weighted by Gasteiger charge is -2.07. The van der Waals surface area contributed by atoms with Crippen molar-refractivity contribution in [3.8, 4) is 5.75 Å². The maximum Gasteiger partial charge on any atom is 0.311 e. The summed E-state index contributed by atoms with van der Waals surface area (Å²) in [5, 5.41) is 11.1. The van der Waals surface area contributed by atoms with Crippen molar-refractivity contribution in [2.24, 2.45) is 0 Å². The standard InChI is InChI=1S/C10H12ClNO4S/c11-8-1-2-9(12(13)14)10(7-8)16-4-3-15-5-6-17/h1-2,7,17H,3-6H2. The molecule has 17 heavy (non-hydrogen) atoms. The van der Waals surface area contributed by atoms with E-state index in [1.54, 1.807) is 0 Å². The molecule has 0 unspecified atom stereocenters. The zero-order chi connectivity index (χ0) is 12.7. The topological polar surface area (TPSA) is 61.6 Å². The van der Waals surface area contributed by atoms with Crippen molar-refractivity contribution in [2.75, 3.05) is 25.6 Å². The van der Waals surface area contributed by atoms with Crippen molar-refractivity contribution >= 4 is 29.9 Å². The van der Waals surface area contributed by atoms with Crippen molar-refractivity contribution in [1.29, 1.82) is 0 Å². The zero-order valence-electron chi connectivity index (χ0n) is 8.97. The van der Waals surface area contributed by atoms with Crippen LogP contribution in [-0.2, 0) is 4.74 Å². The average molecular weight is 278 g/mol. The third-order valence-electron chi connectivity index (χ3n) is 1.84. The van der Waals surface area contributed by atoms with Crippen LogP contribution in [0.25, 0.3) is 0 Å². The normalized spacial score (nSPS) is 10.2. The van der Waals surface area contributed by atoms with Gasteiger partial charge in [-0.15, -0.1) is 0 Å². The quantitative estimate of drug-likeness (QED) is 0.360. The Bertz CT molecular complexity index is 389. The Morgan fingerprint density at radius 3 is 2.76 bits per heavy atom. The van der Waals surface area contributed by atoms with Gasteiger partial charge < -0.3 is 9.47 Å². The fourth-order valence-corrected chi connectivity index (χ4v) is 1.42. The minimum atomic E-state index is -0.514. The van der Waals surface area contributed by atoms with E-state index in [0.717, 1.165) is 0 Å². The van der Waals surface area contributed by atoms with Gasteiger partial charge in [0.05, 0.1) is 18.1 Å². The molecule has 0 aliphatic rings. The molecular weight excluding hydrogens is 266 g/mol. The maximum atomic E-state index is 10.7. The van der Waals surface area contributed by atoms with Gasteiger partial charge in [-0.25, -0.2) is 0 Å². The first-order valence-electron chi connectivity index (χ1n) is 4.90. The number of hydrogen-bond acceptors (Lipinski definition) is 5. The van der Waals surface area contributed by atoms with Crippen LogP contribution in [0.3, 0.4) is 0 Å². The van der Waals surface area contributed by atoms with E-state index in [1.807, 2.05) is 0 Å². The first-order valence-corrected chi connectivity index (χ1v) is 5.91. The number of rotatable bonds is 7. The van der Waals surface area contributed by atoms with Crippen molar-refractivity contribution in [2.45, 2.75) is 0 Å². The number of nitrogens with zero attached hydrogens (tertiary/aromatic N) is 1. The van der Waals surface area contributed by atoms with Gasteiger partial charge in [-0.2, -0.15) is 12.6 Å². The third kappa shape index (κ3) is 4.80. The van der Waals surface area contributed by atoms with E-state index in [2.05, 4.69) is 12.6 Å². The SMILES string of the molecule is O=[N+]([O-])c1ccc(Cl)cc1OCCOCCS. The summed E-state index contributed by atoms with van der Waals surface area (Å²) in [5.41, 5.74) is -0.108. The molecule has 1 rings (SSSR count). The average Bonchev–Trinajstić information content (AvgIpc) is 2.28. The second-order valence-corrected chi connectivity index (χ2v) is 3.94. The summed E-state index contributed by atoms with van der Waals surface area (Å²) < 4.78 is 10.4. The Labute approximate surface area is 109 Å². The summed E-state index contributed by atoms with van der Waals surface area (Å²) in [7, 11) is 0. The third-order valence-corrected chi connectivity index (χ3v) is 2.26. The Kier molecular flexibility index (Phi) is 6.10. The molecule has 0 N–H and O–H groups in total. The molecule has 1 aromatic rings. The summed E-state index contributed by atoms with van der Waals surface area (Å²) in [4.78, 5) is 10.2. The summed E-state index contributed by atoms with van der Waals surface area (Å²) in [6.45, 7) is 1.10. The fraction of sp³-hybridized carbons (Fsp3) is 0.400. The van der Waals surface area contributed by atoms with E-state index in [4.69, 9.17) is 21.1 Å². The van der Waals surface area contributed by atoms with E-state index in [1.165, 1.54) is 18.2 Å². The number of nitro benzene ring substituents is 1. The van der Waals surface area contributed by atoms with Gasteiger partial charge >= 0.3 is 5.69 Å². The van der Waals surface area contributed by atoms with E-state index in [9.17, 15) is 10.1 Å². The Morgan fingerprint density at radius 2 is 2.12 bits per heavy atom. The van der Waals surface area contributed by atoms with E-state index < -0.39 is 4.92 Å². The number of thiol groups is 1. The van der Waals surface area contributed by atoms with Gasteiger partial charge in [-0.1, -0.05) is 11.6 Å². The van der Waals surface area contributed by atoms with Crippen molar-refractivity contribution < 1.29 is 14.4 Å². The number of benzene rings is 1. The zero-order valence-corrected chi connectivity index (χ0v) is 10.6. The van der Waals surface area contributed by atoms with E-state index in [0.29, 0.717) is 24.0 Å². The highest BCUT2D eigenvalue weighted by molar-refractivity contribution is 7.80. The number of ether oxygens (including phenoxy) is 2. The molecule has 0 atom stereocenters. The van der Waals surface area contributed by atoms with Gasteiger partial charge in [0.15, 0.2) is 5.75 Å². The lowest BCUT2D eigenvalue weighted by molar-refractivity contribution is -0.385. The number of halogens is 1. The molecule has 94 valence electrons. The predicted octanol–water partition coefficient (Wildman–Crippen LogP) is 2.57. The van der Waals surface area contributed by atoms with Crippen LogP contribution < -0.4 is 4.74 Å². The highest BCUT2D eigenvalue weighted by Gasteiger charge is 2.14. The summed E-state index contributed by atoms with van der Waals surface area (Å²) >= 11 is 9.72. The molecule has 0 radical (unpaired) electrons. The van der Waals surface area contributed by atoms with Crippen molar-refractivity contribution in [3.63, 3.8) is 0 Å². The van der Waals surface area contributed by atoms with Gasteiger partial charge in [0.1, 0.15) is 6.61 Å². The summed E-state index contributed by atoms with van der Waals surface area (Å²) in [5.74, 6) is 0.772. The molecule has 0 saturated heterocycles. The first kappa shape index (κ1) is 14.1. The van der Waals surface area contributed by atoms with Crippen LogP contribution in [0.5, 0.6) is 5.75 Å². The molecule has 5 nitrogen and oxygen atoms in total.